The number of aliphatic hydroxyl groups is 1. The van der Waals surface area contributed by atoms with Gasteiger partial charge in [-0.1, -0.05) is 0 Å². The number of amides is 1. The number of hydrogen-bond donors (Lipinski definition) is 2. The summed E-state index contributed by atoms with van der Waals surface area (Å²) in [6, 6.07) is 9.05. The van der Waals surface area contributed by atoms with Gasteiger partial charge in [0.2, 0.25) is 5.91 Å². The first kappa shape index (κ1) is 14.5. The smallest absolute Gasteiger partial charge is 0.225 e. The van der Waals surface area contributed by atoms with Crippen molar-refractivity contribution in [3.8, 4) is 6.07 Å². The van der Waals surface area contributed by atoms with E-state index in [0.717, 1.165) is 19.4 Å². The van der Waals surface area contributed by atoms with E-state index in [0.29, 0.717) is 24.2 Å². The Hall–Kier alpha value is -1.90. The van der Waals surface area contributed by atoms with Crippen molar-refractivity contribution in [2.75, 3.05) is 25.0 Å². The van der Waals surface area contributed by atoms with Crippen molar-refractivity contribution in [3.63, 3.8) is 0 Å². The molecule has 2 N–H and O–H groups in total. The molecule has 1 saturated heterocycles. The molecule has 5 nitrogen and oxygen atoms in total. The highest BCUT2D eigenvalue weighted by atomic mass is 16.3. The van der Waals surface area contributed by atoms with E-state index in [-0.39, 0.29) is 18.6 Å². The minimum atomic E-state index is -0.0432. The van der Waals surface area contributed by atoms with Crippen LogP contribution in [0.2, 0.25) is 0 Å². The molecule has 106 valence electrons. The summed E-state index contributed by atoms with van der Waals surface area (Å²) >= 11 is 0. The first-order chi connectivity index (χ1) is 9.72. The summed E-state index contributed by atoms with van der Waals surface area (Å²) < 4.78 is 0. The number of nitrogens with zero attached hydrogens (tertiary/aromatic N) is 2. The van der Waals surface area contributed by atoms with Crippen LogP contribution in [0.3, 0.4) is 0 Å². The van der Waals surface area contributed by atoms with Crippen LogP contribution in [0.1, 0.15) is 24.8 Å². The van der Waals surface area contributed by atoms with Crippen molar-refractivity contribution in [1.29, 1.82) is 5.26 Å². The molecular weight excluding hydrogens is 254 g/mol. The number of nitriles is 1. The predicted octanol–water partition coefficient (Wildman–Crippen LogP) is 1.34. The first-order valence-corrected chi connectivity index (χ1v) is 6.88. The summed E-state index contributed by atoms with van der Waals surface area (Å²) in [5, 5.41) is 20.7. The standard InChI is InChI=1S/C15H19N3O2/c16-10-12-3-5-13(6-4-12)17-15(20)7-9-18-8-1-2-14(18)11-19/h3-6,14,19H,1-2,7-9,11H2,(H,17,20). The number of aliphatic hydroxyl groups excluding tert-OH is 1. The molecule has 0 saturated carbocycles. The lowest BCUT2D eigenvalue weighted by molar-refractivity contribution is -0.116. The van der Waals surface area contributed by atoms with Crippen LogP contribution in [0, 0.1) is 11.3 Å². The third kappa shape index (κ3) is 3.80. The van der Waals surface area contributed by atoms with Gasteiger partial charge >= 0.3 is 0 Å². The fourth-order valence-corrected chi connectivity index (χ4v) is 2.49. The SMILES string of the molecule is N#Cc1ccc(NC(=O)CCN2CCCC2CO)cc1. The topological polar surface area (TPSA) is 76.4 Å². The number of benzene rings is 1. The predicted molar refractivity (Wildman–Crippen MR) is 76.1 cm³/mol. The van der Waals surface area contributed by atoms with Crippen molar-refractivity contribution >= 4 is 11.6 Å². The molecule has 1 aromatic carbocycles. The number of anilines is 1. The minimum absolute atomic E-state index is 0.0432. The number of likely N-dealkylation sites (tertiary alicyclic amines) is 1. The molecule has 2 rings (SSSR count). The minimum Gasteiger partial charge on any atom is -0.395 e. The third-order valence-electron chi connectivity index (χ3n) is 3.63. The average Bonchev–Trinajstić information content (AvgIpc) is 2.93. The Balaban J connectivity index is 1.79. The molecule has 1 aliphatic rings. The first-order valence-electron chi connectivity index (χ1n) is 6.88. The number of hydrogen-bond acceptors (Lipinski definition) is 4. The van der Waals surface area contributed by atoms with Crippen molar-refractivity contribution < 1.29 is 9.90 Å². The van der Waals surface area contributed by atoms with Gasteiger partial charge < -0.3 is 10.4 Å². The average molecular weight is 273 g/mol. The van der Waals surface area contributed by atoms with Crippen LogP contribution in [-0.2, 0) is 4.79 Å². The van der Waals surface area contributed by atoms with E-state index in [1.165, 1.54) is 0 Å². The molecule has 1 unspecified atom stereocenters. The number of carbonyl (C=O) groups excluding carboxylic acids is 1. The Morgan fingerprint density at radius 2 is 2.20 bits per heavy atom. The molecule has 1 fully saturated rings. The maximum atomic E-state index is 11.9. The summed E-state index contributed by atoms with van der Waals surface area (Å²) in [4.78, 5) is 14.0. The van der Waals surface area contributed by atoms with Crippen molar-refractivity contribution in [1.82, 2.24) is 4.90 Å². The van der Waals surface area contributed by atoms with Crippen LogP contribution >= 0.6 is 0 Å². The molecule has 0 spiro atoms. The molecule has 1 amide bonds. The largest absolute Gasteiger partial charge is 0.395 e. The van der Waals surface area contributed by atoms with Crippen molar-refractivity contribution in [3.05, 3.63) is 29.8 Å². The molecule has 20 heavy (non-hydrogen) atoms. The van der Waals surface area contributed by atoms with Crippen LogP contribution in [-0.4, -0.2) is 41.7 Å². The van der Waals surface area contributed by atoms with Crippen LogP contribution in [0.4, 0.5) is 5.69 Å². The summed E-state index contributed by atoms with van der Waals surface area (Å²) in [5.41, 5.74) is 1.28. The van der Waals surface area contributed by atoms with Crippen LogP contribution in [0.25, 0.3) is 0 Å². The Bertz CT molecular complexity index is 493. The van der Waals surface area contributed by atoms with E-state index < -0.39 is 0 Å². The molecule has 1 heterocycles. The normalized spacial score (nSPS) is 18.7. The monoisotopic (exact) mass is 273 g/mol. The molecule has 0 radical (unpaired) electrons. The second-order valence-electron chi connectivity index (χ2n) is 5.00. The van der Waals surface area contributed by atoms with Gasteiger partial charge in [-0.15, -0.1) is 0 Å². The summed E-state index contributed by atoms with van der Waals surface area (Å²) in [6.45, 7) is 1.79. The molecule has 1 atom stereocenters. The van der Waals surface area contributed by atoms with Gasteiger partial charge in [0.15, 0.2) is 0 Å². The van der Waals surface area contributed by atoms with Gasteiger partial charge in [0.1, 0.15) is 0 Å². The molecule has 0 aliphatic carbocycles. The summed E-state index contributed by atoms with van der Waals surface area (Å²) in [5.74, 6) is -0.0432. The Kier molecular flexibility index (Phi) is 5.10. The summed E-state index contributed by atoms with van der Waals surface area (Å²) in [7, 11) is 0. The zero-order valence-electron chi connectivity index (χ0n) is 11.4. The lowest BCUT2D eigenvalue weighted by atomic mass is 10.2. The van der Waals surface area contributed by atoms with Crippen LogP contribution < -0.4 is 5.32 Å². The van der Waals surface area contributed by atoms with Crippen LogP contribution in [0.15, 0.2) is 24.3 Å². The van der Waals surface area contributed by atoms with Gasteiger partial charge in [-0.2, -0.15) is 5.26 Å². The molecule has 1 aromatic rings. The zero-order valence-corrected chi connectivity index (χ0v) is 11.4. The second kappa shape index (κ2) is 7.04. The molecule has 0 bridgehead atoms. The van der Waals surface area contributed by atoms with E-state index in [1.807, 2.05) is 6.07 Å². The van der Waals surface area contributed by atoms with Gasteiger partial charge in [0, 0.05) is 24.7 Å². The maximum Gasteiger partial charge on any atom is 0.225 e. The fourth-order valence-electron chi connectivity index (χ4n) is 2.49. The van der Waals surface area contributed by atoms with Gasteiger partial charge in [0.05, 0.1) is 18.2 Å². The van der Waals surface area contributed by atoms with E-state index >= 15 is 0 Å². The second-order valence-corrected chi connectivity index (χ2v) is 5.00. The van der Waals surface area contributed by atoms with E-state index in [1.54, 1.807) is 24.3 Å². The Morgan fingerprint density at radius 1 is 1.45 bits per heavy atom. The maximum absolute atomic E-state index is 11.9. The van der Waals surface area contributed by atoms with Crippen LogP contribution in [0.5, 0.6) is 0 Å². The molecular formula is C15H19N3O2. The van der Waals surface area contributed by atoms with E-state index in [9.17, 15) is 9.90 Å². The Labute approximate surface area is 118 Å². The fraction of sp³-hybridized carbons (Fsp3) is 0.467. The highest BCUT2D eigenvalue weighted by Gasteiger charge is 2.23. The third-order valence-corrected chi connectivity index (χ3v) is 3.63. The van der Waals surface area contributed by atoms with Gasteiger partial charge in [-0.3, -0.25) is 9.69 Å². The van der Waals surface area contributed by atoms with E-state index in [4.69, 9.17) is 5.26 Å². The quantitative estimate of drug-likeness (QED) is 0.849. The molecule has 5 heteroatoms. The molecule has 0 aromatic heterocycles. The molecule has 1 aliphatic heterocycles. The summed E-state index contributed by atoms with van der Waals surface area (Å²) in [6.07, 6.45) is 2.51. The Morgan fingerprint density at radius 3 is 2.85 bits per heavy atom. The number of rotatable bonds is 5. The lowest BCUT2D eigenvalue weighted by Gasteiger charge is -2.22. The van der Waals surface area contributed by atoms with E-state index in [2.05, 4.69) is 10.2 Å². The van der Waals surface area contributed by atoms with Gasteiger partial charge in [-0.05, 0) is 43.7 Å². The highest BCUT2D eigenvalue weighted by molar-refractivity contribution is 5.90. The number of nitrogens with one attached hydrogen (secondary N) is 1. The van der Waals surface area contributed by atoms with Gasteiger partial charge in [0.25, 0.3) is 0 Å². The highest BCUT2D eigenvalue weighted by Crippen LogP contribution is 2.17. The zero-order chi connectivity index (χ0) is 14.4. The van der Waals surface area contributed by atoms with Crippen molar-refractivity contribution in [2.45, 2.75) is 25.3 Å². The lowest BCUT2D eigenvalue weighted by Crippen LogP contribution is -2.34. The number of carbonyl (C=O) groups is 1. The van der Waals surface area contributed by atoms with Gasteiger partial charge in [-0.25, -0.2) is 0 Å². The van der Waals surface area contributed by atoms with Crippen molar-refractivity contribution in [2.24, 2.45) is 0 Å².